The van der Waals surface area contributed by atoms with Gasteiger partial charge < -0.3 is 19.5 Å². The number of ether oxygens (including phenoxy) is 1. The average molecular weight is 433 g/mol. The van der Waals surface area contributed by atoms with Crippen LogP contribution in [0.25, 0.3) is 22.7 Å². The zero-order valence-electron chi connectivity index (χ0n) is 18.2. The molecular formula is C24H28N6O2. The first kappa shape index (κ1) is 19.7. The highest BCUT2D eigenvalue weighted by Gasteiger charge is 2.31. The Morgan fingerprint density at radius 3 is 2.72 bits per heavy atom. The molecule has 1 amide bonds. The monoisotopic (exact) mass is 432 g/mol. The molecule has 1 aliphatic carbocycles. The van der Waals surface area contributed by atoms with Gasteiger partial charge in [-0.15, -0.1) is 0 Å². The highest BCUT2D eigenvalue weighted by Crippen LogP contribution is 2.39. The number of piperidine rings is 1. The van der Waals surface area contributed by atoms with E-state index >= 15 is 0 Å². The third-order valence-corrected chi connectivity index (χ3v) is 6.76. The van der Waals surface area contributed by atoms with Gasteiger partial charge in [-0.1, -0.05) is 6.07 Å². The first-order chi connectivity index (χ1) is 15.7. The largest absolute Gasteiger partial charge is 0.378 e. The van der Waals surface area contributed by atoms with Crippen LogP contribution in [0.3, 0.4) is 0 Å². The summed E-state index contributed by atoms with van der Waals surface area (Å²) in [6, 6.07) is 10.2. The van der Waals surface area contributed by atoms with Crippen molar-refractivity contribution in [2.75, 3.05) is 44.3 Å². The van der Waals surface area contributed by atoms with Crippen LogP contribution in [0.15, 0.2) is 30.3 Å². The number of pyridine rings is 2. The Morgan fingerprint density at radius 1 is 1.00 bits per heavy atom. The molecule has 0 bridgehead atoms. The SMILES string of the molecule is O=C(C1CCCN(c2ccc3[nH]c(-c4cccc(C5CC5)n4)nc3n2)C1)N1CCOCC1. The zero-order chi connectivity index (χ0) is 21.5. The molecule has 3 aliphatic rings. The molecule has 8 nitrogen and oxygen atoms in total. The molecule has 32 heavy (non-hydrogen) atoms. The Kier molecular flexibility index (Phi) is 5.02. The number of rotatable bonds is 4. The molecule has 3 fully saturated rings. The molecule has 1 unspecified atom stereocenters. The molecule has 1 N–H and O–H groups in total. The molecule has 2 saturated heterocycles. The number of nitrogens with zero attached hydrogens (tertiary/aromatic N) is 5. The fraction of sp³-hybridized carbons (Fsp3) is 0.500. The normalized spacial score (nSPS) is 21.8. The Hall–Kier alpha value is -3.00. The fourth-order valence-corrected chi connectivity index (χ4v) is 4.80. The lowest BCUT2D eigenvalue weighted by Gasteiger charge is -2.36. The maximum atomic E-state index is 13.0. The van der Waals surface area contributed by atoms with E-state index in [1.54, 1.807) is 0 Å². The van der Waals surface area contributed by atoms with E-state index < -0.39 is 0 Å². The summed E-state index contributed by atoms with van der Waals surface area (Å²) in [4.78, 5) is 34.9. The van der Waals surface area contributed by atoms with Crippen LogP contribution in [-0.2, 0) is 9.53 Å². The van der Waals surface area contributed by atoms with Crippen LogP contribution in [0, 0.1) is 5.92 Å². The number of hydrogen-bond acceptors (Lipinski definition) is 6. The summed E-state index contributed by atoms with van der Waals surface area (Å²) in [6.07, 6.45) is 4.38. The van der Waals surface area contributed by atoms with E-state index in [0.717, 1.165) is 47.9 Å². The first-order valence-electron chi connectivity index (χ1n) is 11.7. The summed E-state index contributed by atoms with van der Waals surface area (Å²) < 4.78 is 5.39. The van der Waals surface area contributed by atoms with Crippen molar-refractivity contribution in [3.63, 3.8) is 0 Å². The Labute approximate surface area is 187 Å². The van der Waals surface area contributed by atoms with Gasteiger partial charge in [0.1, 0.15) is 11.5 Å². The summed E-state index contributed by atoms with van der Waals surface area (Å²) in [5.41, 5.74) is 3.61. The van der Waals surface area contributed by atoms with Gasteiger partial charge in [-0.2, -0.15) is 0 Å². The lowest BCUT2D eigenvalue weighted by Crippen LogP contribution is -2.48. The van der Waals surface area contributed by atoms with Crippen molar-refractivity contribution in [2.45, 2.75) is 31.6 Å². The number of carbonyl (C=O) groups is 1. The van der Waals surface area contributed by atoms with Crippen molar-refractivity contribution in [1.82, 2.24) is 24.8 Å². The summed E-state index contributed by atoms with van der Waals surface area (Å²) in [7, 11) is 0. The van der Waals surface area contributed by atoms with Crippen molar-refractivity contribution in [2.24, 2.45) is 5.92 Å². The standard InChI is InChI=1S/C24H28N6O2/c31-24(29-11-13-32-14-12-29)17-3-2-10-30(15-17)21-9-8-20-23(27-21)28-22(26-20)19-5-1-4-18(25-19)16-6-7-16/h1,4-5,8-9,16-17H,2-3,6-7,10-15H2,(H,26,27,28). The van der Waals surface area contributed by atoms with Gasteiger partial charge in [0.05, 0.1) is 24.6 Å². The maximum Gasteiger partial charge on any atom is 0.227 e. The lowest BCUT2D eigenvalue weighted by atomic mass is 9.96. The van der Waals surface area contributed by atoms with Gasteiger partial charge in [0.25, 0.3) is 0 Å². The molecule has 0 radical (unpaired) electrons. The first-order valence-corrected chi connectivity index (χ1v) is 11.7. The van der Waals surface area contributed by atoms with Gasteiger partial charge in [-0.3, -0.25) is 4.79 Å². The Morgan fingerprint density at radius 2 is 1.88 bits per heavy atom. The quantitative estimate of drug-likeness (QED) is 0.682. The molecule has 3 aromatic heterocycles. The predicted molar refractivity (Wildman–Crippen MR) is 121 cm³/mol. The van der Waals surface area contributed by atoms with Gasteiger partial charge in [0.15, 0.2) is 11.5 Å². The highest BCUT2D eigenvalue weighted by atomic mass is 16.5. The number of anilines is 1. The minimum Gasteiger partial charge on any atom is -0.378 e. The van der Waals surface area contributed by atoms with E-state index in [4.69, 9.17) is 19.7 Å². The van der Waals surface area contributed by atoms with Crippen molar-refractivity contribution >= 4 is 22.9 Å². The van der Waals surface area contributed by atoms with E-state index in [9.17, 15) is 4.79 Å². The van der Waals surface area contributed by atoms with Gasteiger partial charge in [-0.25, -0.2) is 15.0 Å². The predicted octanol–water partition coefficient (Wildman–Crippen LogP) is 2.97. The Balaban J connectivity index is 1.21. The maximum absolute atomic E-state index is 13.0. The molecule has 6 rings (SSSR count). The van der Waals surface area contributed by atoms with Crippen molar-refractivity contribution in [3.05, 3.63) is 36.0 Å². The van der Waals surface area contributed by atoms with E-state index in [0.29, 0.717) is 44.4 Å². The van der Waals surface area contributed by atoms with Crippen LogP contribution in [0.5, 0.6) is 0 Å². The van der Waals surface area contributed by atoms with Crippen LogP contribution in [0.4, 0.5) is 5.82 Å². The number of hydrogen-bond donors (Lipinski definition) is 1. The number of aromatic nitrogens is 4. The van der Waals surface area contributed by atoms with E-state index in [1.165, 1.54) is 12.8 Å². The number of amides is 1. The molecule has 1 atom stereocenters. The van der Waals surface area contributed by atoms with E-state index in [2.05, 4.69) is 22.0 Å². The van der Waals surface area contributed by atoms with Gasteiger partial charge in [-0.05, 0) is 49.9 Å². The Bertz CT molecular complexity index is 1130. The minimum atomic E-state index is 0.0171. The highest BCUT2D eigenvalue weighted by molar-refractivity contribution is 5.80. The van der Waals surface area contributed by atoms with Crippen LogP contribution in [0.1, 0.15) is 37.3 Å². The van der Waals surface area contributed by atoms with E-state index in [-0.39, 0.29) is 11.8 Å². The summed E-state index contributed by atoms with van der Waals surface area (Å²) in [6.45, 7) is 4.29. The smallest absolute Gasteiger partial charge is 0.227 e. The fourth-order valence-electron chi connectivity index (χ4n) is 4.80. The van der Waals surface area contributed by atoms with Crippen molar-refractivity contribution < 1.29 is 9.53 Å². The molecule has 2 aliphatic heterocycles. The van der Waals surface area contributed by atoms with Gasteiger partial charge in [0, 0.05) is 37.8 Å². The average Bonchev–Trinajstić information content (AvgIpc) is 3.62. The number of aromatic amines is 1. The molecule has 8 heteroatoms. The van der Waals surface area contributed by atoms with Crippen LogP contribution < -0.4 is 4.90 Å². The molecular weight excluding hydrogens is 404 g/mol. The number of nitrogens with one attached hydrogen (secondary N) is 1. The van der Waals surface area contributed by atoms with Gasteiger partial charge in [0.2, 0.25) is 5.91 Å². The number of morpholine rings is 1. The summed E-state index contributed by atoms with van der Waals surface area (Å²) in [5.74, 6) is 2.52. The molecule has 166 valence electrons. The second kappa shape index (κ2) is 8.16. The number of fused-ring (bicyclic) bond motifs is 1. The van der Waals surface area contributed by atoms with Crippen molar-refractivity contribution in [3.8, 4) is 11.5 Å². The molecule has 3 aromatic rings. The minimum absolute atomic E-state index is 0.0171. The topological polar surface area (TPSA) is 87.2 Å². The van der Waals surface area contributed by atoms with Crippen LogP contribution >= 0.6 is 0 Å². The number of imidazole rings is 1. The third kappa shape index (κ3) is 3.83. The van der Waals surface area contributed by atoms with Gasteiger partial charge >= 0.3 is 0 Å². The lowest BCUT2D eigenvalue weighted by molar-refractivity contribution is -0.139. The second-order valence-corrected chi connectivity index (χ2v) is 9.07. The zero-order valence-corrected chi connectivity index (χ0v) is 18.2. The third-order valence-electron chi connectivity index (χ3n) is 6.76. The molecule has 0 aromatic carbocycles. The summed E-state index contributed by atoms with van der Waals surface area (Å²) >= 11 is 0. The van der Waals surface area contributed by atoms with Crippen LogP contribution in [0.2, 0.25) is 0 Å². The summed E-state index contributed by atoms with van der Waals surface area (Å²) in [5, 5.41) is 0. The van der Waals surface area contributed by atoms with E-state index in [1.807, 2.05) is 23.1 Å². The van der Waals surface area contributed by atoms with Crippen molar-refractivity contribution in [1.29, 1.82) is 0 Å². The molecule has 5 heterocycles. The molecule has 1 saturated carbocycles. The second-order valence-electron chi connectivity index (χ2n) is 9.07. The number of H-pyrrole nitrogens is 1. The van der Waals surface area contributed by atoms with Crippen LogP contribution in [-0.4, -0.2) is 70.1 Å². The molecule has 0 spiro atoms. The number of carbonyl (C=O) groups excluding carboxylic acids is 1.